The van der Waals surface area contributed by atoms with Gasteiger partial charge in [0.15, 0.2) is 5.78 Å². The van der Waals surface area contributed by atoms with Crippen molar-refractivity contribution in [2.24, 2.45) is 0 Å². The van der Waals surface area contributed by atoms with Gasteiger partial charge in [0.2, 0.25) is 5.91 Å². The van der Waals surface area contributed by atoms with Crippen LogP contribution in [-0.2, 0) is 17.8 Å². The SMILES string of the molecule is O=C(Cn1c(C2CC(=O)N(CCc3ccccc3)C2)nc2ccccc21)c1ccc(Cl)cc1. The Hall–Kier alpha value is -3.44. The van der Waals surface area contributed by atoms with Gasteiger partial charge >= 0.3 is 0 Å². The fourth-order valence-corrected chi connectivity index (χ4v) is 4.64. The van der Waals surface area contributed by atoms with Crippen molar-refractivity contribution in [3.8, 4) is 0 Å². The number of rotatable bonds is 7. The minimum atomic E-state index is -0.0429. The van der Waals surface area contributed by atoms with Crippen LogP contribution in [-0.4, -0.2) is 39.2 Å². The number of benzene rings is 3. The van der Waals surface area contributed by atoms with Crippen LogP contribution in [0.2, 0.25) is 5.02 Å². The van der Waals surface area contributed by atoms with Crippen LogP contribution in [0.15, 0.2) is 78.9 Å². The molecule has 1 fully saturated rings. The number of halogens is 1. The highest BCUT2D eigenvalue weighted by molar-refractivity contribution is 6.30. The fraction of sp³-hybridized carbons (Fsp3) is 0.222. The zero-order valence-electron chi connectivity index (χ0n) is 18.2. The molecule has 1 aliphatic heterocycles. The monoisotopic (exact) mass is 457 g/mol. The van der Waals surface area contributed by atoms with E-state index in [2.05, 4.69) is 12.1 Å². The maximum absolute atomic E-state index is 13.1. The molecule has 33 heavy (non-hydrogen) atoms. The third-order valence-corrected chi connectivity index (χ3v) is 6.50. The Balaban J connectivity index is 1.39. The van der Waals surface area contributed by atoms with Crippen LogP contribution in [0, 0.1) is 0 Å². The summed E-state index contributed by atoms with van der Waals surface area (Å²) in [6, 6.07) is 25.0. The molecular weight excluding hydrogens is 434 g/mol. The second kappa shape index (κ2) is 9.20. The van der Waals surface area contributed by atoms with Crippen LogP contribution in [0.1, 0.15) is 34.1 Å². The Labute approximate surface area is 197 Å². The number of hydrogen-bond donors (Lipinski definition) is 0. The number of carbonyl (C=O) groups is 2. The molecular formula is C27H24ClN3O2. The normalized spacial score (nSPS) is 16.0. The lowest BCUT2D eigenvalue weighted by Crippen LogP contribution is -2.27. The van der Waals surface area contributed by atoms with Crippen molar-refractivity contribution >= 4 is 34.3 Å². The molecule has 1 unspecified atom stereocenters. The van der Waals surface area contributed by atoms with Crippen molar-refractivity contribution in [3.05, 3.63) is 101 Å². The number of aromatic nitrogens is 2. The fourth-order valence-electron chi connectivity index (χ4n) is 4.51. The molecule has 1 aliphatic rings. The highest BCUT2D eigenvalue weighted by Gasteiger charge is 2.34. The maximum atomic E-state index is 13.1. The van der Waals surface area contributed by atoms with E-state index in [1.54, 1.807) is 24.3 Å². The number of amides is 1. The molecule has 4 aromatic rings. The topological polar surface area (TPSA) is 55.2 Å². The van der Waals surface area contributed by atoms with Crippen LogP contribution < -0.4 is 0 Å². The van der Waals surface area contributed by atoms with Gasteiger partial charge in [-0.05, 0) is 48.4 Å². The van der Waals surface area contributed by atoms with Gasteiger partial charge < -0.3 is 9.47 Å². The summed E-state index contributed by atoms with van der Waals surface area (Å²) in [6.07, 6.45) is 1.23. The third kappa shape index (κ3) is 4.55. The van der Waals surface area contributed by atoms with Gasteiger partial charge in [-0.15, -0.1) is 0 Å². The second-order valence-corrected chi connectivity index (χ2v) is 8.89. The Morgan fingerprint density at radius 3 is 2.48 bits per heavy atom. The first kappa shape index (κ1) is 21.4. The van der Waals surface area contributed by atoms with E-state index in [1.165, 1.54) is 5.56 Å². The molecule has 1 atom stereocenters. The summed E-state index contributed by atoms with van der Waals surface area (Å²) in [5.41, 5.74) is 3.57. The third-order valence-electron chi connectivity index (χ3n) is 6.24. The standard InChI is InChI=1S/C27H24ClN3O2/c28-22-12-10-20(11-13-22)25(32)18-31-24-9-5-4-8-23(24)29-27(31)21-16-26(33)30(17-21)15-14-19-6-2-1-3-7-19/h1-13,21H,14-18H2. The van der Waals surface area contributed by atoms with Gasteiger partial charge in [0.1, 0.15) is 5.82 Å². The maximum Gasteiger partial charge on any atom is 0.223 e. The van der Waals surface area contributed by atoms with Crippen LogP contribution in [0.4, 0.5) is 0 Å². The van der Waals surface area contributed by atoms with E-state index in [0.717, 1.165) is 23.3 Å². The van der Waals surface area contributed by atoms with Gasteiger partial charge in [0, 0.05) is 36.0 Å². The number of hydrogen-bond acceptors (Lipinski definition) is 3. The summed E-state index contributed by atoms with van der Waals surface area (Å²) in [5.74, 6) is 0.882. The number of fused-ring (bicyclic) bond motifs is 1. The van der Waals surface area contributed by atoms with Gasteiger partial charge in [-0.3, -0.25) is 9.59 Å². The van der Waals surface area contributed by atoms with E-state index >= 15 is 0 Å². The highest BCUT2D eigenvalue weighted by Crippen LogP contribution is 2.31. The predicted octanol–water partition coefficient (Wildman–Crippen LogP) is 5.13. The summed E-state index contributed by atoms with van der Waals surface area (Å²) in [7, 11) is 0. The van der Waals surface area contributed by atoms with Gasteiger partial charge in [-0.2, -0.15) is 0 Å². The minimum Gasteiger partial charge on any atom is -0.342 e. The number of Topliss-reactive ketones (excluding diaryl/α,β-unsaturated/α-hetero) is 1. The first-order valence-corrected chi connectivity index (χ1v) is 11.5. The molecule has 0 saturated carbocycles. The number of ketones is 1. The number of imidazole rings is 1. The molecule has 5 rings (SSSR count). The van der Waals surface area contributed by atoms with Crippen molar-refractivity contribution in [2.75, 3.05) is 13.1 Å². The zero-order valence-corrected chi connectivity index (χ0v) is 18.9. The lowest BCUT2D eigenvalue weighted by Gasteiger charge is -2.17. The van der Waals surface area contributed by atoms with Gasteiger partial charge in [-0.25, -0.2) is 4.98 Å². The molecule has 5 nitrogen and oxygen atoms in total. The number of likely N-dealkylation sites (tertiary alicyclic amines) is 1. The molecule has 3 aromatic carbocycles. The summed E-state index contributed by atoms with van der Waals surface area (Å²) < 4.78 is 1.98. The largest absolute Gasteiger partial charge is 0.342 e. The van der Waals surface area contributed by atoms with Gasteiger partial charge in [-0.1, -0.05) is 54.1 Å². The van der Waals surface area contributed by atoms with Gasteiger partial charge in [0.25, 0.3) is 0 Å². The molecule has 1 aromatic heterocycles. The van der Waals surface area contributed by atoms with Crippen LogP contribution in [0.3, 0.4) is 0 Å². The van der Waals surface area contributed by atoms with Crippen molar-refractivity contribution in [2.45, 2.75) is 25.3 Å². The molecule has 0 N–H and O–H groups in total. The van der Waals surface area contributed by atoms with Crippen molar-refractivity contribution in [1.29, 1.82) is 0 Å². The molecule has 1 amide bonds. The molecule has 0 bridgehead atoms. The number of para-hydroxylation sites is 2. The van der Waals surface area contributed by atoms with Gasteiger partial charge in [0.05, 0.1) is 17.6 Å². The summed E-state index contributed by atoms with van der Waals surface area (Å²) >= 11 is 5.98. The minimum absolute atomic E-state index is 0.0127. The molecule has 166 valence electrons. The van der Waals surface area contributed by atoms with E-state index in [9.17, 15) is 9.59 Å². The molecule has 0 radical (unpaired) electrons. The molecule has 0 spiro atoms. The smallest absolute Gasteiger partial charge is 0.223 e. The van der Waals surface area contributed by atoms with E-state index in [0.29, 0.717) is 30.1 Å². The lowest BCUT2D eigenvalue weighted by atomic mass is 10.1. The first-order valence-electron chi connectivity index (χ1n) is 11.1. The van der Waals surface area contributed by atoms with E-state index in [-0.39, 0.29) is 24.2 Å². The van der Waals surface area contributed by atoms with E-state index in [4.69, 9.17) is 16.6 Å². The summed E-state index contributed by atoms with van der Waals surface area (Å²) in [4.78, 5) is 32.6. The van der Waals surface area contributed by atoms with Crippen LogP contribution >= 0.6 is 11.6 Å². The highest BCUT2D eigenvalue weighted by atomic mass is 35.5. The molecule has 2 heterocycles. The van der Waals surface area contributed by atoms with E-state index < -0.39 is 0 Å². The Morgan fingerprint density at radius 2 is 1.70 bits per heavy atom. The number of carbonyl (C=O) groups excluding carboxylic acids is 2. The second-order valence-electron chi connectivity index (χ2n) is 8.45. The Kier molecular flexibility index (Phi) is 5.97. The van der Waals surface area contributed by atoms with Crippen molar-refractivity contribution < 1.29 is 9.59 Å². The van der Waals surface area contributed by atoms with E-state index in [1.807, 2.05) is 51.9 Å². The Bertz CT molecular complexity index is 1300. The average Bonchev–Trinajstić information content (AvgIpc) is 3.39. The van der Waals surface area contributed by atoms with Crippen LogP contribution in [0.25, 0.3) is 11.0 Å². The molecule has 6 heteroatoms. The average molecular weight is 458 g/mol. The van der Waals surface area contributed by atoms with Crippen LogP contribution in [0.5, 0.6) is 0 Å². The van der Waals surface area contributed by atoms with Crippen molar-refractivity contribution in [1.82, 2.24) is 14.5 Å². The predicted molar refractivity (Wildman–Crippen MR) is 130 cm³/mol. The summed E-state index contributed by atoms with van der Waals surface area (Å²) in [6.45, 7) is 1.47. The summed E-state index contributed by atoms with van der Waals surface area (Å²) in [5, 5.41) is 0.598. The zero-order chi connectivity index (χ0) is 22.8. The first-order chi connectivity index (χ1) is 16.1. The quantitative estimate of drug-likeness (QED) is 0.361. The van der Waals surface area contributed by atoms with Crippen molar-refractivity contribution in [3.63, 3.8) is 0 Å². The number of nitrogens with zero attached hydrogens (tertiary/aromatic N) is 3. The molecule has 0 aliphatic carbocycles. The Morgan fingerprint density at radius 1 is 0.970 bits per heavy atom. The molecule has 1 saturated heterocycles. The lowest BCUT2D eigenvalue weighted by molar-refractivity contribution is -0.127.